The molecule has 4 rings (SSSR count). The van der Waals surface area contributed by atoms with Crippen LogP contribution in [0.4, 0.5) is 0 Å². The number of hydrogen-bond acceptors (Lipinski definition) is 5. The van der Waals surface area contributed by atoms with Crippen LogP contribution >= 0.6 is 0 Å². The zero-order valence-electron chi connectivity index (χ0n) is 20.0. The fourth-order valence-electron chi connectivity index (χ4n) is 4.58. The Kier molecular flexibility index (Phi) is 8.37. The predicted octanol–water partition coefficient (Wildman–Crippen LogP) is 3.32. The Morgan fingerprint density at radius 3 is 2.38 bits per heavy atom. The summed E-state index contributed by atoms with van der Waals surface area (Å²) in [6.45, 7) is 7.50. The number of carbonyl (C=O) groups excluding carboxylic acids is 1. The van der Waals surface area contributed by atoms with E-state index in [4.69, 9.17) is 4.74 Å². The summed E-state index contributed by atoms with van der Waals surface area (Å²) in [7, 11) is -3.62. The molecular formula is C26H35N3O4S. The van der Waals surface area contributed by atoms with Crippen molar-refractivity contribution in [3.63, 3.8) is 0 Å². The Labute approximate surface area is 203 Å². The zero-order chi connectivity index (χ0) is 24.0. The number of sulfonamides is 1. The minimum absolute atomic E-state index is 0.231. The lowest BCUT2D eigenvalue weighted by atomic mass is 10.1. The first-order valence-corrected chi connectivity index (χ1v) is 13.6. The van der Waals surface area contributed by atoms with Gasteiger partial charge in [-0.2, -0.15) is 4.31 Å². The van der Waals surface area contributed by atoms with E-state index in [1.54, 1.807) is 23.4 Å². The molecule has 2 fully saturated rings. The molecule has 1 amide bonds. The van der Waals surface area contributed by atoms with E-state index in [0.29, 0.717) is 30.8 Å². The Morgan fingerprint density at radius 2 is 1.65 bits per heavy atom. The van der Waals surface area contributed by atoms with Crippen LogP contribution in [0.2, 0.25) is 0 Å². The number of hydrogen-bond donors (Lipinski definition) is 1. The first kappa shape index (κ1) is 24.9. The topological polar surface area (TPSA) is 79.0 Å². The molecule has 2 aromatic rings. The van der Waals surface area contributed by atoms with Gasteiger partial charge in [0.2, 0.25) is 10.0 Å². The lowest BCUT2D eigenvalue weighted by Crippen LogP contribution is -2.35. The second-order valence-electron chi connectivity index (χ2n) is 9.19. The van der Waals surface area contributed by atoms with Gasteiger partial charge in [-0.3, -0.25) is 9.69 Å². The van der Waals surface area contributed by atoms with Crippen LogP contribution in [0.5, 0.6) is 0 Å². The molecule has 2 aromatic carbocycles. The smallest absolute Gasteiger partial charge is 0.251 e. The van der Waals surface area contributed by atoms with Crippen molar-refractivity contribution in [1.29, 1.82) is 0 Å². The van der Waals surface area contributed by atoms with E-state index in [1.807, 2.05) is 12.1 Å². The summed E-state index contributed by atoms with van der Waals surface area (Å²) in [5, 5.41) is 2.95. The van der Waals surface area contributed by atoms with Crippen LogP contribution in [0, 0.1) is 6.92 Å². The van der Waals surface area contributed by atoms with Crippen LogP contribution in [-0.2, 0) is 27.8 Å². The highest BCUT2D eigenvalue weighted by Gasteiger charge is 2.27. The first-order valence-electron chi connectivity index (χ1n) is 12.2. The van der Waals surface area contributed by atoms with Crippen molar-refractivity contribution < 1.29 is 17.9 Å². The van der Waals surface area contributed by atoms with Gasteiger partial charge < -0.3 is 10.1 Å². The predicted molar refractivity (Wildman–Crippen MR) is 132 cm³/mol. The molecule has 2 saturated heterocycles. The van der Waals surface area contributed by atoms with E-state index in [1.165, 1.54) is 11.6 Å². The highest BCUT2D eigenvalue weighted by atomic mass is 32.2. The first-order chi connectivity index (χ1) is 16.4. The maximum atomic E-state index is 13.3. The minimum Gasteiger partial charge on any atom is -0.379 e. The van der Waals surface area contributed by atoms with Gasteiger partial charge >= 0.3 is 0 Å². The van der Waals surface area contributed by atoms with Gasteiger partial charge in [0, 0.05) is 44.8 Å². The van der Waals surface area contributed by atoms with Gasteiger partial charge in [0.1, 0.15) is 0 Å². The average molecular weight is 486 g/mol. The normalized spacial score (nSPS) is 18.4. The summed E-state index contributed by atoms with van der Waals surface area (Å²) in [6, 6.07) is 13.2. The summed E-state index contributed by atoms with van der Waals surface area (Å²) in [5.41, 5.74) is 3.25. The number of aryl methyl sites for hydroxylation is 1. The third kappa shape index (κ3) is 6.24. The van der Waals surface area contributed by atoms with E-state index in [9.17, 15) is 13.2 Å². The Bertz CT molecular complexity index is 1090. The molecule has 0 atom stereocenters. The third-order valence-electron chi connectivity index (χ3n) is 6.59. The van der Waals surface area contributed by atoms with Crippen molar-refractivity contribution in [3.8, 4) is 0 Å². The summed E-state index contributed by atoms with van der Waals surface area (Å²) in [4.78, 5) is 15.5. The Morgan fingerprint density at radius 1 is 0.941 bits per heavy atom. The quantitative estimate of drug-likeness (QED) is 0.651. The highest BCUT2D eigenvalue weighted by Crippen LogP contribution is 2.24. The molecule has 2 heterocycles. The molecule has 0 radical (unpaired) electrons. The number of amides is 1. The Balaban J connectivity index is 1.42. The van der Waals surface area contributed by atoms with Crippen molar-refractivity contribution in [3.05, 3.63) is 64.7 Å². The number of morpholine rings is 1. The van der Waals surface area contributed by atoms with Crippen molar-refractivity contribution in [2.75, 3.05) is 39.4 Å². The molecule has 0 aliphatic carbocycles. The number of rotatable bonds is 7. The summed E-state index contributed by atoms with van der Waals surface area (Å²) in [5.74, 6) is -0.272. The van der Waals surface area contributed by atoms with Gasteiger partial charge in [0.25, 0.3) is 5.91 Å². The van der Waals surface area contributed by atoms with Crippen molar-refractivity contribution >= 4 is 15.9 Å². The van der Waals surface area contributed by atoms with Crippen molar-refractivity contribution in [1.82, 2.24) is 14.5 Å². The van der Waals surface area contributed by atoms with Gasteiger partial charge in [-0.1, -0.05) is 43.2 Å². The lowest BCUT2D eigenvalue weighted by molar-refractivity contribution is 0.0342. The largest absolute Gasteiger partial charge is 0.379 e. The maximum absolute atomic E-state index is 13.3. The van der Waals surface area contributed by atoms with Crippen LogP contribution < -0.4 is 5.32 Å². The van der Waals surface area contributed by atoms with Gasteiger partial charge in [-0.15, -0.1) is 0 Å². The summed E-state index contributed by atoms with van der Waals surface area (Å²) in [6.07, 6.45) is 3.87. The SMILES string of the molecule is Cc1ccc(C(=O)NCc2cccc(CN3CCOCC3)c2)cc1S(=O)(=O)N1CCCCCC1. The number of nitrogens with one attached hydrogen (secondary N) is 1. The van der Waals surface area contributed by atoms with E-state index in [-0.39, 0.29) is 10.8 Å². The van der Waals surface area contributed by atoms with Crippen LogP contribution in [0.25, 0.3) is 0 Å². The molecule has 0 bridgehead atoms. The Hall–Kier alpha value is -2.26. The molecule has 34 heavy (non-hydrogen) atoms. The maximum Gasteiger partial charge on any atom is 0.251 e. The number of ether oxygens (including phenoxy) is 1. The van der Waals surface area contributed by atoms with Gasteiger partial charge in [0.15, 0.2) is 0 Å². The summed E-state index contributed by atoms with van der Waals surface area (Å²) < 4.78 is 33.6. The standard InChI is InChI=1S/C26H35N3O4S/c1-21-9-10-24(18-25(21)34(31,32)29-11-4-2-3-5-12-29)26(30)27-19-22-7-6-8-23(17-22)20-28-13-15-33-16-14-28/h6-10,17-18H,2-5,11-16,19-20H2,1H3,(H,27,30). The van der Waals surface area contributed by atoms with Crippen LogP contribution in [0.15, 0.2) is 47.4 Å². The fraction of sp³-hybridized carbons (Fsp3) is 0.500. The second-order valence-corrected chi connectivity index (χ2v) is 11.1. The molecule has 2 aliphatic heterocycles. The third-order valence-corrected chi connectivity index (χ3v) is 8.63. The molecule has 8 heteroatoms. The monoisotopic (exact) mass is 485 g/mol. The number of carbonyl (C=O) groups is 1. The molecule has 0 saturated carbocycles. The molecule has 0 aromatic heterocycles. The fourth-order valence-corrected chi connectivity index (χ4v) is 6.35. The second kappa shape index (κ2) is 11.4. The van der Waals surface area contributed by atoms with Gasteiger partial charge in [0.05, 0.1) is 18.1 Å². The number of benzene rings is 2. The van der Waals surface area contributed by atoms with E-state index in [0.717, 1.165) is 64.1 Å². The molecule has 0 unspecified atom stereocenters. The highest BCUT2D eigenvalue weighted by molar-refractivity contribution is 7.89. The van der Waals surface area contributed by atoms with Crippen molar-refractivity contribution in [2.24, 2.45) is 0 Å². The van der Waals surface area contributed by atoms with Crippen LogP contribution in [0.3, 0.4) is 0 Å². The lowest BCUT2D eigenvalue weighted by Gasteiger charge is -2.26. The van der Waals surface area contributed by atoms with E-state index in [2.05, 4.69) is 22.3 Å². The summed E-state index contributed by atoms with van der Waals surface area (Å²) >= 11 is 0. The van der Waals surface area contributed by atoms with Gasteiger partial charge in [-0.05, 0) is 48.6 Å². The van der Waals surface area contributed by atoms with E-state index < -0.39 is 10.0 Å². The molecule has 184 valence electrons. The van der Waals surface area contributed by atoms with E-state index >= 15 is 0 Å². The molecular weight excluding hydrogens is 450 g/mol. The number of nitrogens with zero attached hydrogens (tertiary/aromatic N) is 2. The van der Waals surface area contributed by atoms with Crippen LogP contribution in [-0.4, -0.2) is 62.9 Å². The molecule has 1 N–H and O–H groups in total. The van der Waals surface area contributed by atoms with Crippen molar-refractivity contribution in [2.45, 2.75) is 50.6 Å². The van der Waals surface area contributed by atoms with Crippen LogP contribution in [0.1, 0.15) is 52.7 Å². The molecule has 2 aliphatic rings. The minimum atomic E-state index is -3.62. The zero-order valence-corrected chi connectivity index (χ0v) is 20.8. The average Bonchev–Trinajstić information content (AvgIpc) is 3.14. The molecule has 0 spiro atoms. The van der Waals surface area contributed by atoms with Gasteiger partial charge in [-0.25, -0.2) is 8.42 Å². The molecule has 7 nitrogen and oxygen atoms in total.